The Bertz CT molecular complexity index is 478. The van der Waals surface area contributed by atoms with Gasteiger partial charge in [0.25, 0.3) is 0 Å². The molecule has 0 saturated heterocycles. The predicted molar refractivity (Wildman–Crippen MR) is 85.2 cm³/mol. The number of carbonyl (C=O) groups is 1. The number of aryl methyl sites for hydroxylation is 1. The van der Waals surface area contributed by atoms with Gasteiger partial charge < -0.3 is 4.90 Å². The summed E-state index contributed by atoms with van der Waals surface area (Å²) in [6.45, 7) is 6.67. The van der Waals surface area contributed by atoms with Gasteiger partial charge in [-0.1, -0.05) is 44.9 Å². The first-order valence-electron chi connectivity index (χ1n) is 7.82. The minimum absolute atomic E-state index is 0.0294. The van der Waals surface area contributed by atoms with E-state index < -0.39 is 0 Å². The zero-order chi connectivity index (χ0) is 14.4. The smallest absolute Gasteiger partial charge is 0.250 e. The Hall–Kier alpha value is -1.57. The van der Waals surface area contributed by atoms with E-state index >= 15 is 0 Å². The second-order valence-electron chi connectivity index (χ2n) is 5.52. The lowest BCUT2D eigenvalue weighted by molar-refractivity contribution is -0.114. The molecule has 0 aromatic heterocycles. The third kappa shape index (κ3) is 3.30. The summed E-state index contributed by atoms with van der Waals surface area (Å²) >= 11 is 0. The third-order valence-electron chi connectivity index (χ3n) is 4.09. The van der Waals surface area contributed by atoms with Crippen molar-refractivity contribution in [1.82, 2.24) is 0 Å². The van der Waals surface area contributed by atoms with Crippen LogP contribution in [0.4, 0.5) is 5.69 Å². The molecule has 0 heterocycles. The van der Waals surface area contributed by atoms with Crippen LogP contribution in [0.2, 0.25) is 0 Å². The fourth-order valence-electron chi connectivity index (χ4n) is 3.01. The highest BCUT2D eigenvalue weighted by atomic mass is 16.2. The normalized spacial score (nSPS) is 13.1. The van der Waals surface area contributed by atoms with Crippen LogP contribution in [0.15, 0.2) is 30.9 Å². The third-order valence-corrected chi connectivity index (χ3v) is 4.09. The van der Waals surface area contributed by atoms with Crippen LogP contribution in [0.5, 0.6) is 0 Å². The summed E-state index contributed by atoms with van der Waals surface area (Å²) in [5.41, 5.74) is 3.90. The van der Waals surface area contributed by atoms with Crippen LogP contribution in [0.1, 0.15) is 50.2 Å². The summed E-state index contributed by atoms with van der Waals surface area (Å²) in [5.74, 6) is 0.0294. The van der Waals surface area contributed by atoms with E-state index in [-0.39, 0.29) is 5.91 Å². The van der Waals surface area contributed by atoms with Gasteiger partial charge >= 0.3 is 0 Å². The van der Waals surface area contributed by atoms with Gasteiger partial charge in [0.05, 0.1) is 0 Å². The van der Waals surface area contributed by atoms with Crippen molar-refractivity contribution < 1.29 is 4.79 Å². The minimum Gasteiger partial charge on any atom is -0.309 e. The molecule has 20 heavy (non-hydrogen) atoms. The number of nitrogens with zero attached hydrogens (tertiary/aromatic N) is 1. The number of rotatable bonds is 7. The van der Waals surface area contributed by atoms with Gasteiger partial charge in [0, 0.05) is 12.2 Å². The zero-order valence-corrected chi connectivity index (χ0v) is 12.5. The SMILES string of the molecule is C=CC(=O)N(CCCCCC)c1cccc2c1CCC2. The quantitative estimate of drug-likeness (QED) is 0.535. The highest BCUT2D eigenvalue weighted by Crippen LogP contribution is 2.31. The van der Waals surface area contributed by atoms with Crippen molar-refractivity contribution in [3.8, 4) is 0 Å². The lowest BCUT2D eigenvalue weighted by atomic mass is 10.1. The van der Waals surface area contributed by atoms with Crippen molar-refractivity contribution in [3.63, 3.8) is 0 Å². The molecule has 1 aliphatic carbocycles. The number of unbranched alkanes of at least 4 members (excludes halogenated alkanes) is 3. The van der Waals surface area contributed by atoms with Crippen molar-refractivity contribution >= 4 is 11.6 Å². The highest BCUT2D eigenvalue weighted by molar-refractivity contribution is 6.01. The molecule has 0 radical (unpaired) electrons. The van der Waals surface area contributed by atoms with Crippen molar-refractivity contribution in [2.45, 2.75) is 51.9 Å². The molecule has 0 bridgehead atoms. The van der Waals surface area contributed by atoms with Gasteiger partial charge in [-0.05, 0) is 49.0 Å². The second kappa shape index (κ2) is 7.28. The Balaban J connectivity index is 2.16. The number of fused-ring (bicyclic) bond motifs is 1. The monoisotopic (exact) mass is 271 g/mol. The van der Waals surface area contributed by atoms with Gasteiger partial charge in [-0.2, -0.15) is 0 Å². The maximum Gasteiger partial charge on any atom is 0.250 e. The molecule has 0 atom stereocenters. The van der Waals surface area contributed by atoms with Gasteiger partial charge in [-0.15, -0.1) is 0 Å². The van der Waals surface area contributed by atoms with Crippen molar-refractivity contribution in [3.05, 3.63) is 42.0 Å². The minimum atomic E-state index is 0.0294. The fourth-order valence-corrected chi connectivity index (χ4v) is 3.01. The molecule has 1 aromatic carbocycles. The van der Waals surface area contributed by atoms with Crippen LogP contribution >= 0.6 is 0 Å². The van der Waals surface area contributed by atoms with Gasteiger partial charge in [0.1, 0.15) is 0 Å². The predicted octanol–water partition coefficient (Wildman–Crippen LogP) is 4.27. The first kappa shape index (κ1) is 14.8. The number of carbonyl (C=O) groups excluding carboxylic acids is 1. The molecule has 1 aliphatic rings. The number of hydrogen-bond donors (Lipinski definition) is 0. The van der Waals surface area contributed by atoms with Gasteiger partial charge in [0.2, 0.25) is 5.91 Å². The second-order valence-corrected chi connectivity index (χ2v) is 5.52. The van der Waals surface area contributed by atoms with Crippen LogP contribution in [0, 0.1) is 0 Å². The van der Waals surface area contributed by atoms with E-state index in [9.17, 15) is 4.79 Å². The molecule has 108 valence electrons. The Morgan fingerprint density at radius 1 is 1.30 bits per heavy atom. The van der Waals surface area contributed by atoms with Gasteiger partial charge in [-0.3, -0.25) is 4.79 Å². The molecule has 2 nitrogen and oxygen atoms in total. The molecule has 0 N–H and O–H groups in total. The van der Waals surface area contributed by atoms with Gasteiger partial charge in [-0.25, -0.2) is 0 Å². The molecule has 0 unspecified atom stereocenters. The van der Waals surface area contributed by atoms with E-state index in [1.54, 1.807) is 0 Å². The Morgan fingerprint density at radius 3 is 2.90 bits per heavy atom. The van der Waals surface area contributed by atoms with Crippen molar-refractivity contribution in [1.29, 1.82) is 0 Å². The number of hydrogen-bond acceptors (Lipinski definition) is 1. The lowest BCUT2D eigenvalue weighted by Crippen LogP contribution is -2.31. The van der Waals surface area contributed by atoms with E-state index in [4.69, 9.17) is 0 Å². The Morgan fingerprint density at radius 2 is 2.15 bits per heavy atom. The fraction of sp³-hybridized carbons (Fsp3) is 0.500. The first-order valence-corrected chi connectivity index (χ1v) is 7.82. The molecule has 1 amide bonds. The molecule has 2 heteroatoms. The van der Waals surface area contributed by atoms with E-state index in [1.807, 2.05) is 4.90 Å². The summed E-state index contributed by atoms with van der Waals surface area (Å²) in [5, 5.41) is 0. The van der Waals surface area contributed by atoms with E-state index in [0.29, 0.717) is 0 Å². The van der Waals surface area contributed by atoms with Crippen LogP contribution in [0.3, 0.4) is 0 Å². The topological polar surface area (TPSA) is 20.3 Å². The summed E-state index contributed by atoms with van der Waals surface area (Å²) in [4.78, 5) is 14.1. The summed E-state index contributed by atoms with van der Waals surface area (Å²) < 4.78 is 0. The van der Waals surface area contributed by atoms with E-state index in [0.717, 1.165) is 31.5 Å². The van der Waals surface area contributed by atoms with Crippen molar-refractivity contribution in [2.24, 2.45) is 0 Å². The number of anilines is 1. The van der Waals surface area contributed by atoms with Crippen LogP contribution in [0.25, 0.3) is 0 Å². The molecule has 1 aromatic rings. The van der Waals surface area contributed by atoms with E-state index in [1.165, 1.54) is 42.9 Å². The van der Waals surface area contributed by atoms with Gasteiger partial charge in [0.15, 0.2) is 0 Å². The first-order chi connectivity index (χ1) is 9.77. The number of amides is 1. The molecule has 0 saturated carbocycles. The Kier molecular flexibility index (Phi) is 5.40. The lowest BCUT2D eigenvalue weighted by Gasteiger charge is -2.24. The highest BCUT2D eigenvalue weighted by Gasteiger charge is 2.20. The van der Waals surface area contributed by atoms with E-state index in [2.05, 4.69) is 31.7 Å². The molecule has 0 spiro atoms. The standard InChI is InChI=1S/C18H25NO/c1-3-5-6-7-14-19(18(20)4-2)17-13-9-11-15-10-8-12-16(15)17/h4,9,11,13H,2-3,5-8,10,12,14H2,1H3. The molecular formula is C18H25NO. The summed E-state index contributed by atoms with van der Waals surface area (Å²) in [6.07, 6.45) is 9.60. The largest absolute Gasteiger partial charge is 0.309 e. The average molecular weight is 271 g/mol. The van der Waals surface area contributed by atoms with Crippen LogP contribution in [-0.4, -0.2) is 12.5 Å². The molecule has 0 aliphatic heterocycles. The summed E-state index contributed by atoms with van der Waals surface area (Å²) in [7, 11) is 0. The van der Waals surface area contributed by atoms with Crippen molar-refractivity contribution in [2.75, 3.05) is 11.4 Å². The molecule has 0 fully saturated rings. The summed E-state index contributed by atoms with van der Waals surface area (Å²) in [6, 6.07) is 6.36. The maximum atomic E-state index is 12.2. The average Bonchev–Trinajstić information content (AvgIpc) is 2.95. The Labute approximate surface area is 122 Å². The molecular weight excluding hydrogens is 246 g/mol. The van der Waals surface area contributed by atoms with Crippen LogP contribution < -0.4 is 4.90 Å². The number of benzene rings is 1. The van der Waals surface area contributed by atoms with Crippen LogP contribution in [-0.2, 0) is 17.6 Å². The molecule has 2 rings (SSSR count). The zero-order valence-electron chi connectivity index (χ0n) is 12.5. The maximum absolute atomic E-state index is 12.2.